The normalized spacial score (nSPS) is 13.4. The molecular formula is C27H36ClN3O5. The van der Waals surface area contributed by atoms with Gasteiger partial charge in [0.15, 0.2) is 11.5 Å². The lowest BCUT2D eigenvalue weighted by atomic mass is 10.1. The van der Waals surface area contributed by atoms with Crippen molar-refractivity contribution < 1.29 is 23.8 Å². The largest absolute Gasteiger partial charge is 0.490 e. The van der Waals surface area contributed by atoms with E-state index in [9.17, 15) is 9.59 Å². The van der Waals surface area contributed by atoms with E-state index in [4.69, 9.17) is 25.8 Å². The lowest BCUT2D eigenvalue weighted by Gasteiger charge is -2.36. The second-order valence-electron chi connectivity index (χ2n) is 8.34. The number of carbonyl (C=O) groups excluding carboxylic acids is 2. The van der Waals surface area contributed by atoms with Crippen molar-refractivity contribution in [1.82, 2.24) is 4.90 Å². The van der Waals surface area contributed by atoms with E-state index < -0.39 is 0 Å². The summed E-state index contributed by atoms with van der Waals surface area (Å²) in [4.78, 5) is 29.3. The molecule has 0 saturated carbocycles. The van der Waals surface area contributed by atoms with Crippen molar-refractivity contribution in [3.05, 3.63) is 40.9 Å². The molecule has 1 heterocycles. The topological polar surface area (TPSA) is 80.3 Å². The molecule has 1 aliphatic rings. The Labute approximate surface area is 218 Å². The summed E-state index contributed by atoms with van der Waals surface area (Å²) < 4.78 is 17.2. The molecule has 1 saturated heterocycles. The molecule has 2 aromatic rings. The molecule has 1 N–H and O–H groups in total. The van der Waals surface area contributed by atoms with E-state index in [0.29, 0.717) is 85.9 Å². The number of piperazine rings is 1. The second-order valence-corrected chi connectivity index (χ2v) is 8.75. The first-order valence-corrected chi connectivity index (χ1v) is 13.0. The Morgan fingerprint density at radius 2 is 1.50 bits per heavy atom. The summed E-state index contributed by atoms with van der Waals surface area (Å²) in [7, 11) is 0. The number of rotatable bonds is 11. The standard InChI is InChI=1S/C27H36ClN3O5/c1-5-9-25(32)31-14-12-30(13-15-31)22-11-10-20(18-21(22)28)29-27(33)19-16-23(34-6-2)26(36-8-4)24(17-19)35-7-3/h10-11,16-18H,5-9,12-15H2,1-4H3,(H,29,33). The first-order chi connectivity index (χ1) is 17.4. The summed E-state index contributed by atoms with van der Waals surface area (Å²) in [6.45, 7) is 11.7. The van der Waals surface area contributed by atoms with Crippen molar-refractivity contribution in [3.63, 3.8) is 0 Å². The molecular weight excluding hydrogens is 482 g/mol. The fraction of sp³-hybridized carbons (Fsp3) is 0.481. The van der Waals surface area contributed by atoms with Crippen LogP contribution in [0.25, 0.3) is 0 Å². The molecule has 2 aromatic carbocycles. The maximum atomic E-state index is 13.1. The Balaban J connectivity index is 1.73. The Hall–Kier alpha value is -3.13. The van der Waals surface area contributed by atoms with E-state index in [1.54, 1.807) is 18.2 Å². The maximum Gasteiger partial charge on any atom is 0.255 e. The van der Waals surface area contributed by atoms with Gasteiger partial charge in [-0.25, -0.2) is 0 Å². The maximum absolute atomic E-state index is 13.1. The number of nitrogens with zero attached hydrogens (tertiary/aromatic N) is 2. The van der Waals surface area contributed by atoms with Gasteiger partial charge in [-0.15, -0.1) is 0 Å². The summed E-state index contributed by atoms with van der Waals surface area (Å²) in [6, 6.07) is 8.78. The third-order valence-corrected chi connectivity index (χ3v) is 6.12. The summed E-state index contributed by atoms with van der Waals surface area (Å²) in [5.74, 6) is 1.30. The molecule has 0 spiro atoms. The molecule has 0 radical (unpaired) electrons. The third-order valence-electron chi connectivity index (χ3n) is 5.81. The van der Waals surface area contributed by atoms with E-state index in [1.165, 1.54) is 0 Å². The summed E-state index contributed by atoms with van der Waals surface area (Å²) in [6.07, 6.45) is 1.44. The fourth-order valence-corrected chi connectivity index (χ4v) is 4.43. The zero-order valence-electron chi connectivity index (χ0n) is 21.6. The summed E-state index contributed by atoms with van der Waals surface area (Å²) >= 11 is 6.60. The summed E-state index contributed by atoms with van der Waals surface area (Å²) in [5.41, 5.74) is 1.85. The van der Waals surface area contributed by atoms with Crippen molar-refractivity contribution >= 4 is 34.8 Å². The van der Waals surface area contributed by atoms with Gasteiger partial charge in [-0.2, -0.15) is 0 Å². The minimum atomic E-state index is -0.313. The van der Waals surface area contributed by atoms with Gasteiger partial charge in [0.1, 0.15) is 0 Å². The lowest BCUT2D eigenvalue weighted by molar-refractivity contribution is -0.131. The van der Waals surface area contributed by atoms with Crippen LogP contribution >= 0.6 is 11.6 Å². The van der Waals surface area contributed by atoms with Crippen LogP contribution in [0.1, 0.15) is 50.9 Å². The average Bonchev–Trinajstić information content (AvgIpc) is 2.86. The molecule has 9 heteroatoms. The van der Waals surface area contributed by atoms with Gasteiger partial charge in [0.25, 0.3) is 5.91 Å². The molecule has 1 aliphatic heterocycles. The number of benzene rings is 2. The van der Waals surface area contributed by atoms with Crippen LogP contribution in [0.4, 0.5) is 11.4 Å². The van der Waals surface area contributed by atoms with Crippen LogP contribution in [0, 0.1) is 0 Å². The minimum absolute atomic E-state index is 0.204. The van der Waals surface area contributed by atoms with Crippen molar-refractivity contribution in [1.29, 1.82) is 0 Å². The summed E-state index contributed by atoms with van der Waals surface area (Å²) in [5, 5.41) is 3.45. The SMILES string of the molecule is CCCC(=O)N1CCN(c2ccc(NC(=O)c3cc(OCC)c(OCC)c(OCC)c3)cc2Cl)CC1. The van der Waals surface area contributed by atoms with Gasteiger partial charge in [-0.3, -0.25) is 9.59 Å². The lowest BCUT2D eigenvalue weighted by Crippen LogP contribution is -2.48. The van der Waals surface area contributed by atoms with E-state index in [1.807, 2.05) is 44.7 Å². The van der Waals surface area contributed by atoms with Crippen molar-refractivity contribution in [2.45, 2.75) is 40.5 Å². The first-order valence-electron chi connectivity index (χ1n) is 12.6. The third kappa shape index (κ3) is 6.75. The molecule has 36 heavy (non-hydrogen) atoms. The highest BCUT2D eigenvalue weighted by molar-refractivity contribution is 6.33. The quantitative estimate of drug-likeness (QED) is 0.439. The molecule has 2 amide bonds. The Morgan fingerprint density at radius 1 is 0.889 bits per heavy atom. The van der Waals surface area contributed by atoms with Crippen LogP contribution in [0.15, 0.2) is 30.3 Å². The number of ether oxygens (including phenoxy) is 3. The van der Waals surface area contributed by atoms with Crippen LogP contribution < -0.4 is 24.4 Å². The van der Waals surface area contributed by atoms with Gasteiger partial charge in [-0.1, -0.05) is 18.5 Å². The van der Waals surface area contributed by atoms with Gasteiger partial charge in [0.2, 0.25) is 11.7 Å². The molecule has 1 fully saturated rings. The monoisotopic (exact) mass is 517 g/mol. The van der Waals surface area contributed by atoms with Crippen molar-refractivity contribution in [3.8, 4) is 17.2 Å². The predicted octanol–water partition coefficient (Wildman–Crippen LogP) is 5.24. The van der Waals surface area contributed by atoms with E-state index in [-0.39, 0.29) is 11.8 Å². The molecule has 3 rings (SSSR count). The van der Waals surface area contributed by atoms with E-state index in [0.717, 1.165) is 12.1 Å². The molecule has 0 atom stereocenters. The Morgan fingerprint density at radius 3 is 2.03 bits per heavy atom. The van der Waals surface area contributed by atoms with Crippen LogP contribution in [0.3, 0.4) is 0 Å². The number of halogens is 1. The fourth-order valence-electron chi connectivity index (χ4n) is 4.13. The number of amides is 2. The average molecular weight is 518 g/mol. The van der Waals surface area contributed by atoms with Crippen LogP contribution in [-0.2, 0) is 4.79 Å². The van der Waals surface area contributed by atoms with Crippen LogP contribution in [0.5, 0.6) is 17.2 Å². The van der Waals surface area contributed by atoms with Crippen LogP contribution in [-0.4, -0.2) is 62.7 Å². The second kappa shape index (κ2) is 13.3. The molecule has 0 aromatic heterocycles. The van der Waals surface area contributed by atoms with Crippen molar-refractivity contribution in [2.75, 3.05) is 56.2 Å². The number of carbonyl (C=O) groups is 2. The Kier molecular flexibility index (Phi) is 10.1. The highest BCUT2D eigenvalue weighted by atomic mass is 35.5. The van der Waals surface area contributed by atoms with Gasteiger partial charge >= 0.3 is 0 Å². The van der Waals surface area contributed by atoms with E-state index in [2.05, 4.69) is 10.2 Å². The minimum Gasteiger partial charge on any atom is -0.490 e. The van der Waals surface area contributed by atoms with Gasteiger partial charge in [0.05, 0.1) is 30.5 Å². The highest BCUT2D eigenvalue weighted by Gasteiger charge is 2.23. The highest BCUT2D eigenvalue weighted by Crippen LogP contribution is 2.39. The number of hydrogen-bond acceptors (Lipinski definition) is 6. The van der Waals surface area contributed by atoms with Gasteiger partial charge in [0, 0.05) is 43.9 Å². The van der Waals surface area contributed by atoms with Gasteiger partial charge in [-0.05, 0) is 57.5 Å². The Bertz CT molecular complexity index is 1030. The molecule has 8 nitrogen and oxygen atoms in total. The molecule has 0 aliphatic carbocycles. The smallest absolute Gasteiger partial charge is 0.255 e. The van der Waals surface area contributed by atoms with E-state index >= 15 is 0 Å². The number of nitrogens with one attached hydrogen (secondary N) is 1. The van der Waals surface area contributed by atoms with Crippen LogP contribution in [0.2, 0.25) is 5.02 Å². The van der Waals surface area contributed by atoms with Crippen molar-refractivity contribution in [2.24, 2.45) is 0 Å². The number of hydrogen-bond donors (Lipinski definition) is 1. The zero-order chi connectivity index (χ0) is 26.1. The zero-order valence-corrected chi connectivity index (χ0v) is 22.3. The molecule has 196 valence electrons. The first kappa shape index (κ1) is 27.5. The number of anilines is 2. The van der Waals surface area contributed by atoms with Gasteiger partial charge < -0.3 is 29.3 Å². The molecule has 0 unspecified atom stereocenters. The predicted molar refractivity (Wildman–Crippen MR) is 143 cm³/mol. The molecule has 0 bridgehead atoms.